The Hall–Kier alpha value is -3.59. The lowest BCUT2D eigenvalue weighted by Gasteiger charge is -2.05. The number of nitro groups is 1. The summed E-state index contributed by atoms with van der Waals surface area (Å²) in [5, 5.41) is 12.0. The van der Waals surface area contributed by atoms with Crippen molar-refractivity contribution in [2.45, 2.75) is 12.1 Å². The van der Waals surface area contributed by atoms with Gasteiger partial charge in [-0.3, -0.25) is 19.5 Å². The van der Waals surface area contributed by atoms with Crippen molar-refractivity contribution in [2.24, 2.45) is 0 Å². The molecule has 0 bridgehead atoms. The molecule has 0 aliphatic rings. The van der Waals surface area contributed by atoms with E-state index in [9.17, 15) is 14.9 Å². The highest BCUT2D eigenvalue weighted by Gasteiger charge is 2.24. The van der Waals surface area contributed by atoms with Gasteiger partial charge in [-0.1, -0.05) is 30.8 Å². The first-order valence-corrected chi connectivity index (χ1v) is 10.1. The smallest absolute Gasteiger partial charge is 0.300 e. The fourth-order valence-corrected chi connectivity index (χ4v) is 3.86. The summed E-state index contributed by atoms with van der Waals surface area (Å²) in [5.74, 6) is 1.01. The number of hydrogen-bond acceptors (Lipinski definition) is 7. The molecule has 0 spiro atoms. The zero-order valence-corrected chi connectivity index (χ0v) is 17.0. The number of furan rings is 1. The minimum absolute atomic E-state index is 0.0659. The molecule has 0 saturated heterocycles. The number of fused-ring (bicyclic) bond motifs is 1. The summed E-state index contributed by atoms with van der Waals surface area (Å²) in [5.41, 5.74) is 1.47. The van der Waals surface area contributed by atoms with Crippen molar-refractivity contribution in [2.75, 3.05) is 12.9 Å². The molecule has 0 radical (unpaired) electrons. The Balaban J connectivity index is 1.77. The molecule has 0 atom stereocenters. The monoisotopic (exact) mass is 423 g/mol. The van der Waals surface area contributed by atoms with E-state index < -0.39 is 4.92 Å². The number of thioether (sulfide) groups is 1. The molecule has 0 aliphatic carbocycles. The number of ether oxygens (including phenoxy) is 1. The van der Waals surface area contributed by atoms with Crippen LogP contribution < -0.4 is 4.74 Å². The van der Waals surface area contributed by atoms with E-state index in [0.29, 0.717) is 21.9 Å². The van der Waals surface area contributed by atoms with Gasteiger partial charge in [-0.2, -0.15) is 0 Å². The number of nitro benzene ring substituents is 1. The molecule has 4 aromatic rings. The number of imidazole rings is 1. The highest BCUT2D eigenvalue weighted by atomic mass is 32.2. The van der Waals surface area contributed by atoms with E-state index >= 15 is 0 Å². The molecule has 0 unspecified atom stereocenters. The van der Waals surface area contributed by atoms with Gasteiger partial charge in [0.2, 0.25) is 0 Å². The van der Waals surface area contributed by atoms with E-state index in [4.69, 9.17) is 9.15 Å². The van der Waals surface area contributed by atoms with Crippen LogP contribution in [0, 0.1) is 10.1 Å². The number of rotatable bonds is 6. The van der Waals surface area contributed by atoms with Crippen molar-refractivity contribution in [3.05, 3.63) is 70.5 Å². The third-order valence-corrected chi connectivity index (χ3v) is 5.31. The lowest BCUT2D eigenvalue weighted by molar-refractivity contribution is -0.384. The lowest BCUT2D eigenvalue weighted by Crippen LogP contribution is -2.12. The second-order valence-electron chi connectivity index (χ2n) is 6.26. The number of benzene rings is 2. The van der Waals surface area contributed by atoms with Crippen LogP contribution in [0.4, 0.5) is 5.69 Å². The van der Waals surface area contributed by atoms with Crippen molar-refractivity contribution < 1.29 is 18.9 Å². The number of aromatic nitrogens is 2. The summed E-state index contributed by atoms with van der Waals surface area (Å²) < 4.78 is 12.3. The molecule has 4 rings (SSSR count). The summed E-state index contributed by atoms with van der Waals surface area (Å²) in [6.07, 6.45) is 0. The topological polar surface area (TPSA) is 100 Å². The predicted octanol–water partition coefficient (Wildman–Crippen LogP) is 5.01. The van der Waals surface area contributed by atoms with Crippen molar-refractivity contribution >= 4 is 34.4 Å². The van der Waals surface area contributed by atoms with Crippen LogP contribution in [0.5, 0.6) is 5.75 Å². The van der Waals surface area contributed by atoms with Crippen molar-refractivity contribution in [1.82, 2.24) is 9.55 Å². The van der Waals surface area contributed by atoms with Crippen LogP contribution in [0.3, 0.4) is 0 Å². The third kappa shape index (κ3) is 3.43. The number of carbonyl (C=O) groups is 1. The minimum atomic E-state index is -0.513. The first-order chi connectivity index (χ1) is 14.5. The average Bonchev–Trinajstić information content (AvgIpc) is 3.38. The SMILES string of the molecule is CCSc1nc2ccccc2n1C(=O)c1ccc(-c2ccc(OC)cc2[N+](=O)[O-])o1. The fraction of sp³-hybridized carbons (Fsp3) is 0.143. The lowest BCUT2D eigenvalue weighted by atomic mass is 10.1. The van der Waals surface area contributed by atoms with Gasteiger partial charge in [-0.15, -0.1) is 0 Å². The average molecular weight is 423 g/mol. The Bertz CT molecular complexity index is 1260. The Labute approximate surface area is 175 Å². The molecule has 30 heavy (non-hydrogen) atoms. The highest BCUT2D eigenvalue weighted by molar-refractivity contribution is 7.99. The molecule has 0 amide bonds. The Morgan fingerprint density at radius 3 is 2.77 bits per heavy atom. The maximum Gasteiger partial charge on any atom is 0.300 e. The number of carbonyl (C=O) groups excluding carboxylic acids is 1. The maximum atomic E-state index is 13.2. The molecular weight excluding hydrogens is 406 g/mol. The van der Waals surface area contributed by atoms with E-state index in [0.717, 1.165) is 5.75 Å². The van der Waals surface area contributed by atoms with Gasteiger partial charge in [0.05, 0.1) is 34.7 Å². The summed E-state index contributed by atoms with van der Waals surface area (Å²) >= 11 is 1.45. The normalized spacial score (nSPS) is 11.0. The number of para-hydroxylation sites is 2. The van der Waals surface area contributed by atoms with Crippen LogP contribution >= 0.6 is 11.8 Å². The van der Waals surface area contributed by atoms with Crippen LogP contribution in [0.15, 0.2) is 64.2 Å². The summed E-state index contributed by atoms with van der Waals surface area (Å²) in [4.78, 5) is 28.7. The molecule has 0 aliphatic heterocycles. The van der Waals surface area contributed by atoms with Crippen molar-refractivity contribution in [3.63, 3.8) is 0 Å². The molecule has 2 aromatic heterocycles. The Morgan fingerprint density at radius 1 is 1.23 bits per heavy atom. The van der Waals surface area contributed by atoms with Gasteiger partial charge in [-0.25, -0.2) is 4.98 Å². The molecule has 0 fully saturated rings. The maximum absolute atomic E-state index is 13.2. The van der Waals surface area contributed by atoms with Gasteiger partial charge < -0.3 is 9.15 Å². The molecule has 2 aromatic carbocycles. The molecule has 9 heteroatoms. The van der Waals surface area contributed by atoms with Gasteiger partial charge in [0, 0.05) is 0 Å². The molecular formula is C21H17N3O5S. The molecule has 152 valence electrons. The fourth-order valence-electron chi connectivity index (χ4n) is 3.13. The van der Waals surface area contributed by atoms with Crippen LogP contribution in [0.2, 0.25) is 0 Å². The van der Waals surface area contributed by atoms with Crippen LogP contribution in [-0.4, -0.2) is 33.2 Å². The molecule has 2 heterocycles. The second-order valence-corrected chi connectivity index (χ2v) is 7.49. The first-order valence-electron chi connectivity index (χ1n) is 9.11. The number of nitrogens with zero attached hydrogens (tertiary/aromatic N) is 3. The van der Waals surface area contributed by atoms with Gasteiger partial charge in [-0.05, 0) is 42.2 Å². The second kappa shape index (κ2) is 8.03. The molecule has 8 nitrogen and oxygen atoms in total. The van der Waals surface area contributed by atoms with Crippen molar-refractivity contribution in [1.29, 1.82) is 0 Å². The van der Waals surface area contributed by atoms with Gasteiger partial charge in [0.25, 0.3) is 11.6 Å². The highest BCUT2D eigenvalue weighted by Crippen LogP contribution is 2.35. The van der Waals surface area contributed by atoms with Gasteiger partial charge in [0.15, 0.2) is 10.9 Å². The first kappa shape index (κ1) is 19.7. The largest absolute Gasteiger partial charge is 0.497 e. The van der Waals surface area contributed by atoms with Crippen LogP contribution in [-0.2, 0) is 0 Å². The minimum Gasteiger partial charge on any atom is -0.497 e. The summed E-state index contributed by atoms with van der Waals surface area (Å²) in [6, 6.07) is 14.9. The van der Waals surface area contributed by atoms with E-state index in [-0.39, 0.29) is 28.7 Å². The third-order valence-electron chi connectivity index (χ3n) is 4.49. The number of hydrogen-bond donors (Lipinski definition) is 0. The quantitative estimate of drug-likeness (QED) is 0.244. The number of methoxy groups -OCH3 is 1. The zero-order valence-electron chi connectivity index (χ0n) is 16.2. The predicted molar refractivity (Wildman–Crippen MR) is 113 cm³/mol. The van der Waals surface area contributed by atoms with E-state index in [1.54, 1.807) is 12.1 Å². The Kier molecular flexibility index (Phi) is 5.28. The van der Waals surface area contributed by atoms with Gasteiger partial charge in [0.1, 0.15) is 11.5 Å². The van der Waals surface area contributed by atoms with E-state index in [1.165, 1.54) is 41.6 Å². The summed E-state index contributed by atoms with van der Waals surface area (Å²) in [7, 11) is 1.43. The Morgan fingerprint density at radius 2 is 2.03 bits per heavy atom. The molecule has 0 saturated carbocycles. The summed E-state index contributed by atoms with van der Waals surface area (Å²) in [6.45, 7) is 1.98. The van der Waals surface area contributed by atoms with E-state index in [2.05, 4.69) is 4.98 Å². The standard InChI is InChI=1S/C21H17N3O5S/c1-3-30-21-22-15-6-4-5-7-16(15)23(21)20(25)19-11-10-18(29-19)14-9-8-13(28-2)12-17(14)24(26)27/h4-12H,3H2,1-2H3. The van der Waals surface area contributed by atoms with Gasteiger partial charge >= 0.3 is 0 Å². The van der Waals surface area contributed by atoms with Crippen molar-refractivity contribution in [3.8, 4) is 17.1 Å². The zero-order chi connectivity index (χ0) is 21.3. The van der Waals surface area contributed by atoms with Crippen LogP contribution in [0.1, 0.15) is 17.5 Å². The molecule has 0 N–H and O–H groups in total. The van der Waals surface area contributed by atoms with E-state index in [1.807, 2.05) is 31.2 Å². The van der Waals surface area contributed by atoms with Crippen LogP contribution in [0.25, 0.3) is 22.4 Å².